The van der Waals surface area contributed by atoms with E-state index in [1.54, 1.807) is 7.11 Å². The van der Waals surface area contributed by atoms with E-state index in [4.69, 9.17) is 31.2 Å². The molecule has 2 heterocycles. The van der Waals surface area contributed by atoms with Crippen LogP contribution in [0.1, 0.15) is 49.8 Å². The van der Waals surface area contributed by atoms with E-state index in [1.165, 1.54) is 11.8 Å². The van der Waals surface area contributed by atoms with Crippen molar-refractivity contribution in [3.05, 3.63) is 68.3 Å². The van der Waals surface area contributed by atoms with Crippen molar-refractivity contribution >= 4 is 51.0 Å². The Bertz CT molecular complexity index is 1340. The van der Waals surface area contributed by atoms with Crippen molar-refractivity contribution in [3.8, 4) is 11.5 Å². The average molecular weight is 590 g/mol. The number of hydrogen-bond acceptors (Lipinski definition) is 7. The third-order valence-corrected chi connectivity index (χ3v) is 8.03. The van der Waals surface area contributed by atoms with Crippen LogP contribution in [0.4, 0.5) is 5.95 Å². The maximum Gasteiger partial charge on any atom is 0.227 e. The van der Waals surface area contributed by atoms with Gasteiger partial charge in [0, 0.05) is 28.5 Å². The number of anilines is 1. The Hall–Kier alpha value is -2.49. The summed E-state index contributed by atoms with van der Waals surface area (Å²) in [5.74, 6) is 2.64. The van der Waals surface area contributed by atoms with Crippen molar-refractivity contribution in [1.82, 2.24) is 14.8 Å². The zero-order valence-electron chi connectivity index (χ0n) is 20.0. The third-order valence-electron chi connectivity index (χ3n) is 6.18. The van der Waals surface area contributed by atoms with Gasteiger partial charge in [-0.15, -0.1) is 5.10 Å². The number of Topliss-reactive ketones (excluding diaryl/α,β-unsaturated/α-hetero) is 1. The van der Waals surface area contributed by atoms with Crippen molar-refractivity contribution < 1.29 is 14.3 Å². The van der Waals surface area contributed by atoms with Gasteiger partial charge in [-0.1, -0.05) is 48.5 Å². The van der Waals surface area contributed by atoms with E-state index >= 15 is 0 Å². The molecule has 1 unspecified atom stereocenters. The number of ether oxygens (including phenoxy) is 2. The molecule has 1 atom stereocenters. The lowest BCUT2D eigenvalue weighted by atomic mass is 9.85. The Morgan fingerprint density at radius 2 is 2.11 bits per heavy atom. The minimum absolute atomic E-state index is 0.126. The van der Waals surface area contributed by atoms with Crippen LogP contribution in [0.15, 0.2) is 57.3 Å². The van der Waals surface area contributed by atoms with Crippen LogP contribution in [-0.4, -0.2) is 34.3 Å². The fraction of sp³-hybridized carbons (Fsp3) is 0.346. The highest BCUT2D eigenvalue weighted by atomic mass is 79.9. The summed E-state index contributed by atoms with van der Waals surface area (Å²) < 4.78 is 14.2. The van der Waals surface area contributed by atoms with E-state index in [9.17, 15) is 4.79 Å². The first-order chi connectivity index (χ1) is 17.5. The largest absolute Gasteiger partial charge is 0.493 e. The van der Waals surface area contributed by atoms with Crippen LogP contribution < -0.4 is 14.8 Å². The number of nitrogens with zero attached hydrogens (tertiary/aromatic N) is 3. The Kier molecular flexibility index (Phi) is 7.60. The summed E-state index contributed by atoms with van der Waals surface area (Å²) in [5, 5.41) is 9.54. The summed E-state index contributed by atoms with van der Waals surface area (Å²) in [4.78, 5) is 17.9. The van der Waals surface area contributed by atoms with Crippen LogP contribution in [0.5, 0.6) is 11.5 Å². The SMILES string of the molecule is CCCOc1c(Br)cc(C2C3=C(CCCC3=O)Nc3nc(SCc4ccccc4Cl)nn32)cc1OC. The molecule has 0 amide bonds. The van der Waals surface area contributed by atoms with Crippen molar-refractivity contribution in [2.75, 3.05) is 19.0 Å². The van der Waals surface area contributed by atoms with Crippen LogP contribution in [-0.2, 0) is 10.5 Å². The molecule has 0 fully saturated rings. The summed E-state index contributed by atoms with van der Waals surface area (Å²) in [5.41, 5.74) is 3.55. The predicted molar refractivity (Wildman–Crippen MR) is 145 cm³/mol. The Morgan fingerprint density at radius 3 is 2.89 bits per heavy atom. The summed E-state index contributed by atoms with van der Waals surface area (Å²) in [6.07, 6.45) is 3.01. The monoisotopic (exact) mass is 588 g/mol. The van der Waals surface area contributed by atoms with Crippen molar-refractivity contribution in [2.45, 2.75) is 49.6 Å². The number of hydrogen-bond donors (Lipinski definition) is 1. The quantitative estimate of drug-likeness (QED) is 0.289. The number of aromatic nitrogens is 3. The molecule has 3 aromatic rings. The highest BCUT2D eigenvalue weighted by Gasteiger charge is 2.37. The minimum Gasteiger partial charge on any atom is -0.493 e. The predicted octanol–water partition coefficient (Wildman–Crippen LogP) is 6.81. The molecule has 0 bridgehead atoms. The first kappa shape index (κ1) is 25.2. The third kappa shape index (κ3) is 4.88. The molecule has 1 N–H and O–H groups in total. The Balaban J connectivity index is 1.55. The first-order valence-electron chi connectivity index (χ1n) is 11.9. The second-order valence-corrected chi connectivity index (χ2v) is 10.8. The van der Waals surface area contributed by atoms with Gasteiger partial charge in [-0.2, -0.15) is 4.98 Å². The van der Waals surface area contributed by atoms with Gasteiger partial charge in [0.05, 0.1) is 18.2 Å². The van der Waals surface area contributed by atoms with Gasteiger partial charge in [0.15, 0.2) is 17.3 Å². The number of halogens is 2. The zero-order chi connectivity index (χ0) is 25.2. The molecule has 2 aromatic carbocycles. The molecular weight excluding hydrogens is 564 g/mol. The molecule has 188 valence electrons. The van der Waals surface area contributed by atoms with Crippen LogP contribution in [0, 0.1) is 0 Å². The van der Waals surface area contributed by atoms with E-state index < -0.39 is 6.04 Å². The molecular formula is C26H26BrClN4O3S. The number of benzene rings is 2. The fourth-order valence-electron chi connectivity index (χ4n) is 4.51. The van der Waals surface area contributed by atoms with Crippen LogP contribution >= 0.6 is 39.3 Å². The van der Waals surface area contributed by atoms with Gasteiger partial charge < -0.3 is 14.8 Å². The van der Waals surface area contributed by atoms with Crippen molar-refractivity contribution in [2.24, 2.45) is 0 Å². The van der Waals surface area contributed by atoms with Gasteiger partial charge in [-0.3, -0.25) is 4.79 Å². The van der Waals surface area contributed by atoms with E-state index in [0.717, 1.165) is 51.2 Å². The average Bonchev–Trinajstić information content (AvgIpc) is 3.28. The number of fused-ring (bicyclic) bond motifs is 1. The lowest BCUT2D eigenvalue weighted by Crippen LogP contribution is -2.31. The second kappa shape index (κ2) is 10.9. The zero-order valence-corrected chi connectivity index (χ0v) is 23.2. The maximum absolute atomic E-state index is 13.2. The van der Waals surface area contributed by atoms with Crippen LogP contribution in [0.2, 0.25) is 5.02 Å². The number of nitrogens with one attached hydrogen (secondary N) is 1. The number of thioether (sulfide) groups is 1. The molecule has 0 saturated carbocycles. The topological polar surface area (TPSA) is 78.3 Å². The van der Waals surface area contributed by atoms with Crippen LogP contribution in [0.3, 0.4) is 0 Å². The normalized spacial score (nSPS) is 16.9. The smallest absolute Gasteiger partial charge is 0.227 e. The highest BCUT2D eigenvalue weighted by molar-refractivity contribution is 9.10. The number of carbonyl (C=O) groups excluding carboxylic acids is 1. The molecule has 1 aromatic heterocycles. The number of carbonyl (C=O) groups is 1. The van der Waals surface area contributed by atoms with Crippen molar-refractivity contribution in [1.29, 1.82) is 0 Å². The lowest BCUT2D eigenvalue weighted by molar-refractivity contribution is -0.116. The molecule has 10 heteroatoms. The van der Waals surface area contributed by atoms with Gasteiger partial charge in [0.25, 0.3) is 0 Å². The summed E-state index contributed by atoms with van der Waals surface area (Å²) in [6.45, 7) is 2.63. The standard InChI is InChI=1S/C26H26BrClN4O3S/c1-3-11-35-24-17(27)12-16(13-21(24)34-2)23-22-19(9-6-10-20(22)33)29-25-30-26(31-32(23)25)36-14-15-7-4-5-8-18(15)28/h4-5,7-8,12-13,23H,3,6,9-11,14H2,1-2H3,(H,29,30,31). The number of rotatable bonds is 8. The molecule has 0 radical (unpaired) electrons. The lowest BCUT2D eigenvalue weighted by Gasteiger charge is -2.32. The summed E-state index contributed by atoms with van der Waals surface area (Å²) in [6, 6.07) is 11.3. The second-order valence-electron chi connectivity index (χ2n) is 8.62. The van der Waals surface area contributed by atoms with Crippen molar-refractivity contribution in [3.63, 3.8) is 0 Å². The Labute approximate surface area is 227 Å². The summed E-state index contributed by atoms with van der Waals surface area (Å²) in [7, 11) is 1.62. The van der Waals surface area contributed by atoms with E-state index in [1.807, 2.05) is 41.1 Å². The van der Waals surface area contributed by atoms with Crippen LogP contribution in [0.25, 0.3) is 0 Å². The molecule has 36 heavy (non-hydrogen) atoms. The number of allylic oxidation sites excluding steroid dienone is 2. The molecule has 1 aliphatic carbocycles. The molecule has 0 spiro atoms. The number of methoxy groups -OCH3 is 1. The van der Waals surface area contributed by atoms with Gasteiger partial charge in [-0.25, -0.2) is 4.68 Å². The molecule has 1 aliphatic heterocycles. The van der Waals surface area contributed by atoms with Gasteiger partial charge in [0.1, 0.15) is 6.04 Å². The van der Waals surface area contributed by atoms with E-state index in [0.29, 0.717) is 41.4 Å². The first-order valence-corrected chi connectivity index (χ1v) is 14.0. The van der Waals surface area contributed by atoms with Gasteiger partial charge in [0.2, 0.25) is 11.1 Å². The maximum atomic E-state index is 13.2. The number of ketones is 1. The van der Waals surface area contributed by atoms with E-state index in [-0.39, 0.29) is 5.78 Å². The van der Waals surface area contributed by atoms with E-state index in [2.05, 4.69) is 28.2 Å². The summed E-state index contributed by atoms with van der Waals surface area (Å²) >= 11 is 11.5. The fourth-order valence-corrected chi connectivity index (χ4v) is 6.19. The Morgan fingerprint density at radius 1 is 1.28 bits per heavy atom. The highest BCUT2D eigenvalue weighted by Crippen LogP contribution is 2.45. The molecule has 0 saturated heterocycles. The molecule has 5 rings (SSSR count). The molecule has 2 aliphatic rings. The van der Waals surface area contributed by atoms with Gasteiger partial charge >= 0.3 is 0 Å². The minimum atomic E-state index is -0.420. The van der Waals surface area contributed by atoms with Gasteiger partial charge in [-0.05, 0) is 64.5 Å². The molecule has 7 nitrogen and oxygen atoms in total.